The summed E-state index contributed by atoms with van der Waals surface area (Å²) in [6.07, 6.45) is -4.80. The summed E-state index contributed by atoms with van der Waals surface area (Å²) in [4.78, 5) is 0. The van der Waals surface area contributed by atoms with Gasteiger partial charge in [0.2, 0.25) is 0 Å². The highest BCUT2D eigenvalue weighted by Gasteiger charge is 2.58. The lowest BCUT2D eigenvalue weighted by molar-refractivity contribution is -0.289. The fraction of sp³-hybridized carbons (Fsp3) is 0.500. The van der Waals surface area contributed by atoms with Crippen molar-refractivity contribution in [2.24, 2.45) is 0 Å². The normalized spacial score (nSPS) is 21.3. The van der Waals surface area contributed by atoms with Crippen LogP contribution >= 0.6 is 0 Å². The van der Waals surface area contributed by atoms with Crippen molar-refractivity contribution in [2.45, 2.75) is 24.4 Å². The molecule has 1 saturated heterocycles. The van der Waals surface area contributed by atoms with Gasteiger partial charge in [-0.15, -0.1) is 0 Å². The van der Waals surface area contributed by atoms with Crippen LogP contribution in [0.15, 0.2) is 24.3 Å². The highest BCUT2D eigenvalue weighted by atomic mass is 19.4. The molecule has 1 unspecified atom stereocenters. The SMILES string of the molecule is FC(F)(F)C(F)(F)c1cccc(C2CCNC2)c1. The van der Waals surface area contributed by atoms with Gasteiger partial charge in [0.05, 0.1) is 0 Å². The summed E-state index contributed by atoms with van der Waals surface area (Å²) in [5.74, 6) is -4.79. The number of nitrogens with one attached hydrogen (secondary N) is 1. The second-order valence-corrected chi connectivity index (χ2v) is 4.39. The zero-order valence-corrected chi connectivity index (χ0v) is 9.40. The first-order valence-electron chi connectivity index (χ1n) is 5.58. The zero-order valence-electron chi connectivity index (χ0n) is 9.40. The zero-order chi connectivity index (χ0) is 13.4. The van der Waals surface area contributed by atoms with Crippen molar-refractivity contribution in [1.82, 2.24) is 5.32 Å². The number of hydrogen-bond acceptors (Lipinski definition) is 1. The minimum atomic E-state index is -5.56. The second kappa shape index (κ2) is 4.50. The Bertz CT molecular complexity index is 421. The van der Waals surface area contributed by atoms with E-state index in [0.717, 1.165) is 25.1 Å². The van der Waals surface area contributed by atoms with Crippen LogP contribution < -0.4 is 5.32 Å². The molecule has 0 amide bonds. The molecule has 6 heteroatoms. The van der Waals surface area contributed by atoms with Gasteiger partial charge < -0.3 is 5.32 Å². The standard InChI is InChI=1S/C12H12F5N/c13-11(14,12(15,16)17)10-3-1-2-8(6-10)9-4-5-18-7-9/h1-3,6,9,18H,4-5,7H2. The van der Waals surface area contributed by atoms with E-state index in [4.69, 9.17) is 0 Å². The minimum absolute atomic E-state index is 0.00832. The summed E-state index contributed by atoms with van der Waals surface area (Å²) >= 11 is 0. The quantitative estimate of drug-likeness (QED) is 0.808. The van der Waals surface area contributed by atoms with Crippen LogP contribution in [0.5, 0.6) is 0 Å². The van der Waals surface area contributed by atoms with Crippen LogP contribution in [0.25, 0.3) is 0 Å². The molecule has 0 bridgehead atoms. The molecular formula is C12H12F5N. The Hall–Kier alpha value is -1.17. The van der Waals surface area contributed by atoms with Crippen LogP contribution in [-0.4, -0.2) is 19.3 Å². The lowest BCUT2D eigenvalue weighted by atomic mass is 9.95. The Kier molecular flexibility index (Phi) is 3.31. The van der Waals surface area contributed by atoms with E-state index in [1.807, 2.05) is 0 Å². The Labute approximate surface area is 101 Å². The Morgan fingerprint density at radius 2 is 1.83 bits per heavy atom. The summed E-state index contributed by atoms with van der Waals surface area (Å²) < 4.78 is 63.2. The van der Waals surface area contributed by atoms with Gasteiger partial charge in [0.25, 0.3) is 0 Å². The van der Waals surface area contributed by atoms with Gasteiger partial charge >= 0.3 is 12.1 Å². The van der Waals surface area contributed by atoms with Gasteiger partial charge in [0.1, 0.15) is 0 Å². The molecule has 18 heavy (non-hydrogen) atoms. The summed E-state index contributed by atoms with van der Waals surface area (Å²) in [6, 6.07) is 4.63. The maximum Gasteiger partial charge on any atom is 0.458 e. The first kappa shape index (κ1) is 13.3. The van der Waals surface area contributed by atoms with Crippen LogP contribution in [0.1, 0.15) is 23.5 Å². The van der Waals surface area contributed by atoms with Crippen molar-refractivity contribution < 1.29 is 22.0 Å². The highest BCUT2D eigenvalue weighted by molar-refractivity contribution is 5.31. The van der Waals surface area contributed by atoms with E-state index in [-0.39, 0.29) is 5.92 Å². The number of hydrogen-bond donors (Lipinski definition) is 1. The van der Waals surface area contributed by atoms with Gasteiger partial charge in [-0.2, -0.15) is 22.0 Å². The van der Waals surface area contributed by atoms with Gasteiger partial charge in [-0.05, 0) is 30.5 Å². The molecule has 0 radical (unpaired) electrons. The molecule has 0 aliphatic carbocycles. The Balaban J connectivity index is 2.32. The third-order valence-electron chi connectivity index (χ3n) is 3.14. The smallest absolute Gasteiger partial charge is 0.316 e. The summed E-state index contributed by atoms with van der Waals surface area (Å²) in [5, 5.41) is 3.05. The van der Waals surface area contributed by atoms with Gasteiger partial charge in [-0.1, -0.05) is 18.2 Å². The average molecular weight is 265 g/mol. The summed E-state index contributed by atoms with van der Waals surface area (Å²) in [7, 11) is 0. The predicted octanol–water partition coefficient (Wildman–Crippen LogP) is 3.42. The van der Waals surface area contributed by atoms with Crippen LogP contribution in [-0.2, 0) is 5.92 Å². The van der Waals surface area contributed by atoms with Crippen LogP contribution in [0.3, 0.4) is 0 Å². The molecule has 1 N–H and O–H groups in total. The first-order valence-corrected chi connectivity index (χ1v) is 5.58. The molecule has 1 fully saturated rings. The van der Waals surface area contributed by atoms with Crippen molar-refractivity contribution in [3.8, 4) is 0 Å². The lowest BCUT2D eigenvalue weighted by Crippen LogP contribution is -2.33. The molecule has 1 aromatic rings. The van der Waals surface area contributed by atoms with Crippen molar-refractivity contribution in [3.05, 3.63) is 35.4 Å². The molecule has 100 valence electrons. The number of benzene rings is 1. The van der Waals surface area contributed by atoms with Gasteiger partial charge in [-0.3, -0.25) is 0 Å². The maximum absolute atomic E-state index is 13.2. The largest absolute Gasteiger partial charge is 0.458 e. The number of rotatable bonds is 2. The second-order valence-electron chi connectivity index (χ2n) is 4.39. The molecule has 0 saturated carbocycles. The lowest BCUT2D eigenvalue weighted by Gasteiger charge is -2.21. The number of alkyl halides is 5. The Morgan fingerprint density at radius 3 is 2.39 bits per heavy atom. The van der Waals surface area contributed by atoms with E-state index in [2.05, 4.69) is 5.32 Å². The van der Waals surface area contributed by atoms with Crippen molar-refractivity contribution >= 4 is 0 Å². The summed E-state index contributed by atoms with van der Waals surface area (Å²) in [5.41, 5.74) is -0.458. The van der Waals surface area contributed by atoms with Gasteiger partial charge in [0, 0.05) is 12.1 Å². The molecule has 1 nitrogen and oxygen atoms in total. The van der Waals surface area contributed by atoms with E-state index in [0.29, 0.717) is 12.1 Å². The van der Waals surface area contributed by atoms with Crippen molar-refractivity contribution in [3.63, 3.8) is 0 Å². The van der Waals surface area contributed by atoms with Crippen LogP contribution in [0, 0.1) is 0 Å². The van der Waals surface area contributed by atoms with E-state index >= 15 is 0 Å². The van der Waals surface area contributed by atoms with E-state index in [9.17, 15) is 22.0 Å². The molecular weight excluding hydrogens is 253 g/mol. The molecule has 2 rings (SSSR count). The monoisotopic (exact) mass is 265 g/mol. The van der Waals surface area contributed by atoms with Crippen molar-refractivity contribution in [2.75, 3.05) is 13.1 Å². The first-order chi connectivity index (χ1) is 8.32. The number of halogens is 5. The fourth-order valence-corrected chi connectivity index (χ4v) is 2.09. The van der Waals surface area contributed by atoms with E-state index in [1.165, 1.54) is 6.07 Å². The molecule has 1 atom stereocenters. The molecule has 0 aromatic heterocycles. The van der Waals surface area contributed by atoms with Crippen molar-refractivity contribution in [1.29, 1.82) is 0 Å². The third kappa shape index (κ3) is 2.34. The Morgan fingerprint density at radius 1 is 1.11 bits per heavy atom. The maximum atomic E-state index is 13.2. The van der Waals surface area contributed by atoms with Gasteiger partial charge in [-0.25, -0.2) is 0 Å². The minimum Gasteiger partial charge on any atom is -0.316 e. The molecule has 1 aliphatic heterocycles. The molecule has 1 aliphatic rings. The predicted molar refractivity (Wildman–Crippen MR) is 56.6 cm³/mol. The average Bonchev–Trinajstić information content (AvgIpc) is 2.81. The summed E-state index contributed by atoms with van der Waals surface area (Å²) in [6.45, 7) is 1.37. The molecule has 0 spiro atoms. The van der Waals surface area contributed by atoms with E-state index < -0.39 is 17.7 Å². The third-order valence-corrected chi connectivity index (χ3v) is 3.14. The van der Waals surface area contributed by atoms with Gasteiger partial charge in [0.15, 0.2) is 0 Å². The molecule has 1 heterocycles. The topological polar surface area (TPSA) is 12.0 Å². The highest BCUT2D eigenvalue weighted by Crippen LogP contribution is 2.44. The van der Waals surface area contributed by atoms with Crippen LogP contribution in [0.2, 0.25) is 0 Å². The molecule has 1 aromatic carbocycles. The van der Waals surface area contributed by atoms with Crippen LogP contribution in [0.4, 0.5) is 22.0 Å². The van der Waals surface area contributed by atoms with E-state index in [1.54, 1.807) is 6.07 Å². The fourth-order valence-electron chi connectivity index (χ4n) is 2.09.